The van der Waals surface area contributed by atoms with Crippen LogP contribution < -0.4 is 5.69 Å². The lowest BCUT2D eigenvalue weighted by atomic mass is 10.1. The number of hydrogen-bond donors (Lipinski definition) is 2. The smallest absolute Gasteiger partial charge is 0.306 e. The van der Waals surface area contributed by atoms with E-state index in [4.69, 9.17) is 0 Å². The molecule has 1 aromatic carbocycles. The second kappa shape index (κ2) is 3.49. The zero-order chi connectivity index (χ0) is 9.97. The number of rotatable bonds is 3. The van der Waals surface area contributed by atoms with Gasteiger partial charge in [-0.1, -0.05) is 12.1 Å². The zero-order valence-corrected chi connectivity index (χ0v) is 7.54. The monoisotopic (exact) mass is 190 g/mol. The van der Waals surface area contributed by atoms with Crippen LogP contribution in [0.5, 0.6) is 0 Å². The maximum absolute atomic E-state index is 11.0. The maximum atomic E-state index is 11.0. The Morgan fingerprint density at radius 3 is 2.93 bits per heavy atom. The molecule has 0 aliphatic rings. The standard InChI is InChI=1S/C10H10N2O2/c13-6-2-4-7-3-1-5-8-9(7)12-10(14)11-8/h1,3,5-6H,2,4H2,(H2,11,12,14). The van der Waals surface area contributed by atoms with Crippen molar-refractivity contribution in [3.05, 3.63) is 34.2 Å². The summed E-state index contributed by atoms with van der Waals surface area (Å²) in [4.78, 5) is 26.7. The minimum Gasteiger partial charge on any atom is -0.306 e. The van der Waals surface area contributed by atoms with E-state index in [0.717, 1.165) is 22.9 Å². The van der Waals surface area contributed by atoms with Crippen molar-refractivity contribution in [2.75, 3.05) is 0 Å². The van der Waals surface area contributed by atoms with E-state index in [1.54, 1.807) is 0 Å². The number of carbonyl (C=O) groups excluding carboxylic acids is 1. The Hall–Kier alpha value is -1.84. The molecule has 4 heteroatoms. The van der Waals surface area contributed by atoms with Crippen molar-refractivity contribution >= 4 is 17.3 Å². The molecule has 2 aromatic rings. The SMILES string of the molecule is O=CCCc1cccc2[nH]c(=O)[nH]c12. The summed E-state index contributed by atoms with van der Waals surface area (Å²) in [5, 5.41) is 0. The van der Waals surface area contributed by atoms with Gasteiger partial charge >= 0.3 is 5.69 Å². The summed E-state index contributed by atoms with van der Waals surface area (Å²) in [6, 6.07) is 5.61. The number of imidazole rings is 1. The first-order valence-corrected chi connectivity index (χ1v) is 4.45. The van der Waals surface area contributed by atoms with Crippen LogP contribution >= 0.6 is 0 Å². The number of aldehydes is 1. The van der Waals surface area contributed by atoms with Gasteiger partial charge in [0.05, 0.1) is 11.0 Å². The molecule has 72 valence electrons. The Morgan fingerprint density at radius 1 is 1.29 bits per heavy atom. The highest BCUT2D eigenvalue weighted by Crippen LogP contribution is 2.14. The van der Waals surface area contributed by atoms with Crippen LogP contribution in [0.3, 0.4) is 0 Å². The molecule has 0 unspecified atom stereocenters. The second-order valence-electron chi connectivity index (χ2n) is 3.12. The molecule has 14 heavy (non-hydrogen) atoms. The van der Waals surface area contributed by atoms with Crippen LogP contribution in [0.1, 0.15) is 12.0 Å². The topological polar surface area (TPSA) is 65.7 Å². The van der Waals surface area contributed by atoms with Gasteiger partial charge in [-0.2, -0.15) is 0 Å². The van der Waals surface area contributed by atoms with E-state index in [0.29, 0.717) is 12.8 Å². The maximum Gasteiger partial charge on any atom is 0.323 e. The fourth-order valence-electron chi connectivity index (χ4n) is 1.54. The van der Waals surface area contributed by atoms with E-state index in [9.17, 15) is 9.59 Å². The van der Waals surface area contributed by atoms with Crippen LogP contribution in [0, 0.1) is 0 Å². The molecule has 2 rings (SSSR count). The number of benzene rings is 1. The van der Waals surface area contributed by atoms with Gasteiger partial charge < -0.3 is 14.8 Å². The van der Waals surface area contributed by atoms with Gasteiger partial charge in [-0.25, -0.2) is 4.79 Å². The second-order valence-corrected chi connectivity index (χ2v) is 3.12. The van der Waals surface area contributed by atoms with Crippen molar-refractivity contribution in [2.24, 2.45) is 0 Å². The van der Waals surface area contributed by atoms with E-state index in [1.807, 2.05) is 18.2 Å². The van der Waals surface area contributed by atoms with Gasteiger partial charge in [0.2, 0.25) is 0 Å². The summed E-state index contributed by atoms with van der Waals surface area (Å²) in [5.41, 5.74) is 2.38. The number of aromatic nitrogens is 2. The summed E-state index contributed by atoms with van der Waals surface area (Å²) >= 11 is 0. The molecule has 0 radical (unpaired) electrons. The Balaban J connectivity index is 2.52. The molecule has 0 spiro atoms. The Kier molecular flexibility index (Phi) is 2.18. The number of para-hydroxylation sites is 1. The third-order valence-electron chi connectivity index (χ3n) is 2.17. The minimum atomic E-state index is -0.210. The molecule has 2 N–H and O–H groups in total. The van der Waals surface area contributed by atoms with E-state index < -0.39 is 0 Å². The summed E-state index contributed by atoms with van der Waals surface area (Å²) in [6.07, 6.45) is 2.02. The largest absolute Gasteiger partial charge is 0.323 e. The molecule has 0 amide bonds. The molecule has 0 bridgehead atoms. The molecule has 0 aliphatic heterocycles. The van der Waals surface area contributed by atoms with Crippen LogP contribution in [0.4, 0.5) is 0 Å². The molecule has 1 heterocycles. The summed E-state index contributed by atoms with van der Waals surface area (Å²) < 4.78 is 0. The van der Waals surface area contributed by atoms with Crippen LogP contribution in [0.2, 0.25) is 0 Å². The number of H-pyrrole nitrogens is 2. The molecule has 4 nitrogen and oxygen atoms in total. The Morgan fingerprint density at radius 2 is 2.14 bits per heavy atom. The first kappa shape index (κ1) is 8.74. The summed E-state index contributed by atoms with van der Waals surface area (Å²) in [7, 11) is 0. The van der Waals surface area contributed by atoms with Crippen molar-refractivity contribution in [1.82, 2.24) is 9.97 Å². The van der Waals surface area contributed by atoms with E-state index >= 15 is 0 Å². The predicted octanol–water partition coefficient (Wildman–Crippen LogP) is 0.988. The van der Waals surface area contributed by atoms with Gasteiger partial charge in [0.25, 0.3) is 0 Å². The number of aryl methyl sites for hydroxylation is 1. The van der Waals surface area contributed by atoms with Crippen molar-refractivity contribution in [3.63, 3.8) is 0 Å². The quantitative estimate of drug-likeness (QED) is 0.709. The van der Waals surface area contributed by atoms with Crippen molar-refractivity contribution in [1.29, 1.82) is 0 Å². The van der Waals surface area contributed by atoms with Gasteiger partial charge in [0.15, 0.2) is 0 Å². The van der Waals surface area contributed by atoms with E-state index in [2.05, 4.69) is 9.97 Å². The first-order valence-electron chi connectivity index (χ1n) is 4.45. The normalized spacial score (nSPS) is 10.6. The van der Waals surface area contributed by atoms with Crippen LogP contribution in [-0.4, -0.2) is 16.3 Å². The minimum absolute atomic E-state index is 0.210. The summed E-state index contributed by atoms with van der Waals surface area (Å²) in [6.45, 7) is 0. The molecule has 0 fully saturated rings. The third kappa shape index (κ3) is 1.46. The van der Waals surface area contributed by atoms with Crippen molar-refractivity contribution < 1.29 is 4.79 Å². The molecular formula is C10H10N2O2. The zero-order valence-electron chi connectivity index (χ0n) is 7.54. The molecule has 0 atom stereocenters. The van der Waals surface area contributed by atoms with Gasteiger partial charge in [-0.05, 0) is 18.1 Å². The average Bonchev–Trinajstić information content (AvgIpc) is 2.55. The average molecular weight is 190 g/mol. The lowest BCUT2D eigenvalue weighted by Crippen LogP contribution is -1.99. The molecule has 0 aliphatic carbocycles. The van der Waals surface area contributed by atoms with Crippen LogP contribution in [0.15, 0.2) is 23.0 Å². The highest BCUT2D eigenvalue weighted by molar-refractivity contribution is 5.78. The molecule has 0 saturated carbocycles. The third-order valence-corrected chi connectivity index (χ3v) is 2.17. The first-order chi connectivity index (χ1) is 6.81. The summed E-state index contributed by atoms with van der Waals surface area (Å²) in [5.74, 6) is 0. The number of hydrogen-bond acceptors (Lipinski definition) is 2. The van der Waals surface area contributed by atoms with E-state index in [-0.39, 0.29) is 5.69 Å². The van der Waals surface area contributed by atoms with Crippen LogP contribution in [-0.2, 0) is 11.2 Å². The highest BCUT2D eigenvalue weighted by Gasteiger charge is 2.02. The van der Waals surface area contributed by atoms with Gasteiger partial charge in [0.1, 0.15) is 6.29 Å². The highest BCUT2D eigenvalue weighted by atomic mass is 16.1. The molecule has 0 saturated heterocycles. The molecule has 1 aromatic heterocycles. The van der Waals surface area contributed by atoms with Crippen molar-refractivity contribution in [3.8, 4) is 0 Å². The Bertz CT molecular complexity index is 510. The number of carbonyl (C=O) groups is 1. The lowest BCUT2D eigenvalue weighted by molar-refractivity contribution is -0.107. The van der Waals surface area contributed by atoms with Gasteiger partial charge in [-0.15, -0.1) is 0 Å². The predicted molar refractivity (Wildman–Crippen MR) is 53.3 cm³/mol. The van der Waals surface area contributed by atoms with Gasteiger partial charge in [0, 0.05) is 6.42 Å². The van der Waals surface area contributed by atoms with Gasteiger partial charge in [-0.3, -0.25) is 0 Å². The van der Waals surface area contributed by atoms with Crippen LogP contribution in [0.25, 0.3) is 11.0 Å². The number of fused-ring (bicyclic) bond motifs is 1. The van der Waals surface area contributed by atoms with Crippen molar-refractivity contribution in [2.45, 2.75) is 12.8 Å². The molecular weight excluding hydrogens is 180 g/mol. The number of nitrogens with one attached hydrogen (secondary N) is 2. The van der Waals surface area contributed by atoms with E-state index in [1.165, 1.54) is 0 Å². The lowest BCUT2D eigenvalue weighted by Gasteiger charge is -1.98. The number of aromatic amines is 2. The fraction of sp³-hybridized carbons (Fsp3) is 0.200. The fourth-order valence-corrected chi connectivity index (χ4v) is 1.54. The Labute approximate surface area is 80.0 Å².